The van der Waals surface area contributed by atoms with Crippen LogP contribution in [-0.2, 0) is 0 Å². The minimum absolute atomic E-state index is 0.186. The Kier molecular flexibility index (Phi) is 5.08. The first kappa shape index (κ1) is 19.1. The second-order valence-electron chi connectivity index (χ2n) is 6.46. The Morgan fingerprint density at radius 2 is 1.57 bits per heavy atom. The summed E-state index contributed by atoms with van der Waals surface area (Å²) in [6.07, 6.45) is 4.48. The fourth-order valence-electron chi connectivity index (χ4n) is 2.91. The topological polar surface area (TPSA) is 93.8 Å². The van der Waals surface area contributed by atoms with Crippen LogP contribution in [0.2, 0.25) is 0 Å². The fourth-order valence-corrected chi connectivity index (χ4v) is 2.91. The number of halogens is 1. The summed E-state index contributed by atoms with van der Waals surface area (Å²) in [4.78, 5) is 28.8. The first-order valence-electron chi connectivity index (χ1n) is 9.03. The molecule has 2 aromatic heterocycles. The maximum absolute atomic E-state index is 13.1. The summed E-state index contributed by atoms with van der Waals surface area (Å²) >= 11 is 0. The number of imidazole rings is 1. The molecule has 4 rings (SSSR count). The Morgan fingerprint density at radius 3 is 2.23 bits per heavy atom. The van der Waals surface area contributed by atoms with Gasteiger partial charge in [0.05, 0.1) is 18.2 Å². The SMILES string of the molecule is Cc1ccnn1-c1ccc(C(=O)NNC(=O)c2cncn2-c2ccc(F)cc2)cc1. The van der Waals surface area contributed by atoms with Crippen LogP contribution in [0.4, 0.5) is 4.39 Å². The van der Waals surface area contributed by atoms with Gasteiger partial charge in [-0.15, -0.1) is 0 Å². The molecule has 0 fully saturated rings. The van der Waals surface area contributed by atoms with Crippen LogP contribution in [0, 0.1) is 12.7 Å². The predicted molar refractivity (Wildman–Crippen MR) is 107 cm³/mol. The molecule has 0 aliphatic rings. The molecule has 2 heterocycles. The summed E-state index contributed by atoms with van der Waals surface area (Å²) < 4.78 is 16.4. The number of benzene rings is 2. The van der Waals surface area contributed by atoms with Crippen molar-refractivity contribution >= 4 is 11.8 Å². The maximum atomic E-state index is 13.1. The Hall–Kier alpha value is -4.27. The summed E-state index contributed by atoms with van der Waals surface area (Å²) in [5.74, 6) is -1.42. The molecule has 0 radical (unpaired) electrons. The van der Waals surface area contributed by atoms with Crippen molar-refractivity contribution in [2.75, 3.05) is 0 Å². The molecular weight excluding hydrogens is 387 g/mol. The smallest absolute Gasteiger partial charge is 0.288 e. The number of carbonyl (C=O) groups is 2. The average Bonchev–Trinajstić information content (AvgIpc) is 3.42. The lowest BCUT2D eigenvalue weighted by Crippen LogP contribution is -2.42. The Balaban J connectivity index is 1.42. The van der Waals surface area contributed by atoms with Gasteiger partial charge in [0.1, 0.15) is 11.5 Å². The normalized spacial score (nSPS) is 10.6. The summed E-state index contributed by atoms with van der Waals surface area (Å²) in [7, 11) is 0. The van der Waals surface area contributed by atoms with Crippen molar-refractivity contribution in [2.24, 2.45) is 0 Å². The van der Waals surface area contributed by atoms with E-state index in [1.807, 2.05) is 13.0 Å². The lowest BCUT2D eigenvalue weighted by Gasteiger charge is -2.10. The van der Waals surface area contributed by atoms with E-state index in [-0.39, 0.29) is 11.5 Å². The van der Waals surface area contributed by atoms with Gasteiger partial charge in [0.25, 0.3) is 11.8 Å². The van der Waals surface area contributed by atoms with Crippen LogP contribution in [0.15, 0.2) is 73.3 Å². The monoisotopic (exact) mass is 404 g/mol. The van der Waals surface area contributed by atoms with Gasteiger partial charge in [0, 0.05) is 23.1 Å². The van der Waals surface area contributed by atoms with E-state index in [1.165, 1.54) is 41.4 Å². The minimum atomic E-state index is -0.561. The Bertz CT molecular complexity index is 1190. The molecule has 2 amide bonds. The second-order valence-corrected chi connectivity index (χ2v) is 6.46. The van der Waals surface area contributed by atoms with Gasteiger partial charge in [-0.2, -0.15) is 5.10 Å². The fraction of sp³-hybridized carbons (Fsp3) is 0.0476. The highest BCUT2D eigenvalue weighted by atomic mass is 19.1. The molecule has 150 valence electrons. The van der Waals surface area contributed by atoms with Gasteiger partial charge in [-0.3, -0.25) is 25.0 Å². The van der Waals surface area contributed by atoms with Crippen LogP contribution in [0.5, 0.6) is 0 Å². The molecule has 0 aliphatic heterocycles. The van der Waals surface area contributed by atoms with Crippen molar-refractivity contribution < 1.29 is 14.0 Å². The minimum Gasteiger partial charge on any atom is -0.295 e. The number of nitrogens with one attached hydrogen (secondary N) is 2. The largest absolute Gasteiger partial charge is 0.295 e. The molecule has 0 bridgehead atoms. The summed E-state index contributed by atoms with van der Waals surface area (Å²) in [5.41, 5.74) is 7.66. The van der Waals surface area contributed by atoms with Crippen LogP contribution in [0.3, 0.4) is 0 Å². The number of nitrogens with zero attached hydrogens (tertiary/aromatic N) is 4. The summed E-state index contributed by atoms with van der Waals surface area (Å²) in [6.45, 7) is 1.93. The van der Waals surface area contributed by atoms with E-state index < -0.39 is 11.8 Å². The number of amides is 2. The number of rotatable bonds is 4. The van der Waals surface area contributed by atoms with Gasteiger partial charge < -0.3 is 0 Å². The summed E-state index contributed by atoms with van der Waals surface area (Å²) in [5, 5.41) is 4.22. The number of hydrazine groups is 1. The van der Waals surface area contributed by atoms with Crippen LogP contribution < -0.4 is 10.9 Å². The zero-order valence-corrected chi connectivity index (χ0v) is 15.9. The second kappa shape index (κ2) is 8.00. The number of hydrogen-bond donors (Lipinski definition) is 2. The molecule has 0 aliphatic carbocycles. The van der Waals surface area contributed by atoms with Crippen LogP contribution in [0.25, 0.3) is 11.4 Å². The molecule has 2 aromatic carbocycles. The molecule has 4 aromatic rings. The van der Waals surface area contributed by atoms with Crippen LogP contribution in [0.1, 0.15) is 26.5 Å². The van der Waals surface area contributed by atoms with Gasteiger partial charge in [0.2, 0.25) is 0 Å². The molecule has 0 saturated carbocycles. The predicted octanol–water partition coefficient (Wildman–Crippen LogP) is 2.58. The standard InChI is InChI=1S/C21H17FN6O2/c1-14-10-11-24-28(14)18-6-2-15(3-7-18)20(29)25-26-21(30)19-12-23-13-27(19)17-8-4-16(22)5-9-17/h2-13H,1H3,(H,25,29)(H,26,30). The molecular formula is C21H17FN6O2. The zero-order valence-electron chi connectivity index (χ0n) is 15.9. The van der Waals surface area contributed by atoms with Crippen molar-refractivity contribution in [3.8, 4) is 11.4 Å². The third-order valence-electron chi connectivity index (χ3n) is 4.47. The molecule has 9 heteroatoms. The molecule has 0 saturated heterocycles. The van der Waals surface area contributed by atoms with Crippen molar-refractivity contribution in [3.63, 3.8) is 0 Å². The van der Waals surface area contributed by atoms with Crippen molar-refractivity contribution in [1.29, 1.82) is 0 Å². The maximum Gasteiger partial charge on any atom is 0.288 e. The van der Waals surface area contributed by atoms with Crippen molar-refractivity contribution in [1.82, 2.24) is 30.2 Å². The molecule has 0 atom stereocenters. The molecule has 0 unspecified atom stereocenters. The number of aryl methyl sites for hydroxylation is 1. The molecule has 0 spiro atoms. The lowest BCUT2D eigenvalue weighted by atomic mass is 10.2. The highest BCUT2D eigenvalue weighted by Crippen LogP contribution is 2.13. The van der Waals surface area contributed by atoms with E-state index in [9.17, 15) is 14.0 Å². The molecule has 8 nitrogen and oxygen atoms in total. The first-order valence-corrected chi connectivity index (χ1v) is 9.03. The van der Waals surface area contributed by atoms with Crippen LogP contribution >= 0.6 is 0 Å². The molecule has 2 N–H and O–H groups in total. The van der Waals surface area contributed by atoms with E-state index in [1.54, 1.807) is 35.1 Å². The third-order valence-corrected chi connectivity index (χ3v) is 4.47. The summed E-state index contributed by atoms with van der Waals surface area (Å²) in [6, 6.07) is 14.3. The lowest BCUT2D eigenvalue weighted by molar-refractivity contribution is 0.0843. The van der Waals surface area contributed by atoms with Gasteiger partial charge in [-0.05, 0) is 61.5 Å². The third kappa shape index (κ3) is 3.81. The van der Waals surface area contributed by atoms with E-state index in [4.69, 9.17) is 0 Å². The number of aromatic nitrogens is 4. The molecule has 30 heavy (non-hydrogen) atoms. The zero-order chi connectivity index (χ0) is 21.1. The number of carbonyl (C=O) groups excluding carboxylic acids is 2. The highest BCUT2D eigenvalue weighted by molar-refractivity contribution is 5.98. The van der Waals surface area contributed by atoms with Crippen molar-refractivity contribution in [2.45, 2.75) is 6.92 Å². The quantitative estimate of drug-likeness (QED) is 0.511. The first-order chi connectivity index (χ1) is 14.5. The number of hydrogen-bond acceptors (Lipinski definition) is 4. The van der Waals surface area contributed by atoms with E-state index >= 15 is 0 Å². The Labute approximate surface area is 171 Å². The van der Waals surface area contributed by atoms with E-state index in [0.29, 0.717) is 11.3 Å². The van der Waals surface area contributed by atoms with Gasteiger partial charge in [0.15, 0.2) is 0 Å². The van der Waals surface area contributed by atoms with Crippen molar-refractivity contribution in [3.05, 3.63) is 96.1 Å². The average molecular weight is 404 g/mol. The van der Waals surface area contributed by atoms with E-state index in [2.05, 4.69) is 20.9 Å². The van der Waals surface area contributed by atoms with Crippen LogP contribution in [-0.4, -0.2) is 31.1 Å². The van der Waals surface area contributed by atoms with Gasteiger partial charge in [-0.25, -0.2) is 14.1 Å². The van der Waals surface area contributed by atoms with Gasteiger partial charge in [-0.1, -0.05) is 0 Å². The highest BCUT2D eigenvalue weighted by Gasteiger charge is 2.15. The van der Waals surface area contributed by atoms with E-state index in [0.717, 1.165) is 11.4 Å². The Morgan fingerprint density at radius 1 is 0.900 bits per heavy atom. The van der Waals surface area contributed by atoms with Gasteiger partial charge >= 0.3 is 0 Å².